The molecule has 0 saturated carbocycles. The molecule has 0 saturated heterocycles. The van der Waals surface area contributed by atoms with E-state index in [-0.39, 0.29) is 18.3 Å². The molecule has 6 nitrogen and oxygen atoms in total. The smallest absolute Gasteiger partial charge is 0.254 e. The normalized spacial score (nSPS) is 9.85. The first kappa shape index (κ1) is 21.6. The van der Waals surface area contributed by atoms with Gasteiger partial charge in [0.1, 0.15) is 0 Å². The minimum Gasteiger partial charge on any atom is -0.493 e. The molecule has 0 aliphatic carbocycles. The molecule has 7 heteroatoms. The molecule has 0 heterocycles. The number of nitrogens with zero attached hydrogens (tertiary/aromatic N) is 1. The third-order valence-electron chi connectivity index (χ3n) is 3.81. The van der Waals surface area contributed by atoms with E-state index in [1.54, 1.807) is 17.0 Å². The van der Waals surface area contributed by atoms with E-state index in [2.05, 4.69) is 0 Å². The van der Waals surface area contributed by atoms with Crippen molar-refractivity contribution < 1.29 is 19.0 Å². The highest BCUT2D eigenvalue weighted by molar-refractivity contribution is 5.95. The topological polar surface area (TPSA) is 74.0 Å². The van der Waals surface area contributed by atoms with Crippen molar-refractivity contribution in [1.82, 2.24) is 4.90 Å². The molecular formula is C19H25ClN2O4. The molecule has 2 N–H and O–H groups in total. The summed E-state index contributed by atoms with van der Waals surface area (Å²) in [5.41, 5.74) is 7.19. The van der Waals surface area contributed by atoms with Crippen LogP contribution in [0.2, 0.25) is 0 Å². The van der Waals surface area contributed by atoms with Crippen molar-refractivity contribution in [3.8, 4) is 17.2 Å². The van der Waals surface area contributed by atoms with Crippen molar-refractivity contribution in [1.29, 1.82) is 0 Å². The Morgan fingerprint density at radius 2 is 1.58 bits per heavy atom. The Hall–Kier alpha value is -2.44. The lowest BCUT2D eigenvalue weighted by atomic mass is 10.1. The molecular weight excluding hydrogens is 356 g/mol. The first-order valence-corrected chi connectivity index (χ1v) is 7.97. The first-order chi connectivity index (χ1) is 12.1. The number of carbonyl (C=O) groups excluding carboxylic acids is 1. The van der Waals surface area contributed by atoms with Crippen molar-refractivity contribution in [3.63, 3.8) is 0 Å². The standard InChI is InChI=1S/C19H24N2O4.ClH/c1-23-16-11-15(12-17(24-2)18(16)25-3)19(22)21(10-9-20)13-14-7-5-4-6-8-14;/h4-8,11-12H,9-10,13,20H2,1-3H3;1H. The zero-order valence-corrected chi connectivity index (χ0v) is 16.0. The van der Waals surface area contributed by atoms with E-state index in [0.717, 1.165) is 5.56 Å². The van der Waals surface area contributed by atoms with Crippen molar-refractivity contribution in [2.24, 2.45) is 5.73 Å². The molecule has 2 rings (SSSR count). The number of benzene rings is 2. The van der Waals surface area contributed by atoms with Crippen LogP contribution in [-0.2, 0) is 6.54 Å². The molecule has 2 aromatic carbocycles. The first-order valence-electron chi connectivity index (χ1n) is 7.97. The van der Waals surface area contributed by atoms with Gasteiger partial charge < -0.3 is 24.8 Å². The molecule has 0 aliphatic heterocycles. The molecule has 0 aromatic heterocycles. The van der Waals surface area contributed by atoms with Crippen LogP contribution in [-0.4, -0.2) is 45.2 Å². The van der Waals surface area contributed by atoms with Crippen LogP contribution in [0.25, 0.3) is 0 Å². The summed E-state index contributed by atoms with van der Waals surface area (Å²) in [6.07, 6.45) is 0. The number of halogens is 1. The zero-order chi connectivity index (χ0) is 18.2. The van der Waals surface area contributed by atoms with Gasteiger partial charge in [-0.1, -0.05) is 30.3 Å². The number of methoxy groups -OCH3 is 3. The molecule has 0 aliphatic rings. The Labute approximate surface area is 160 Å². The van der Waals surface area contributed by atoms with Crippen LogP contribution in [0.4, 0.5) is 0 Å². The summed E-state index contributed by atoms with van der Waals surface area (Å²) in [5, 5.41) is 0. The lowest BCUT2D eigenvalue weighted by molar-refractivity contribution is 0.0747. The van der Waals surface area contributed by atoms with Crippen molar-refractivity contribution >= 4 is 18.3 Å². The Morgan fingerprint density at radius 3 is 2.04 bits per heavy atom. The summed E-state index contributed by atoms with van der Waals surface area (Å²) in [6, 6.07) is 13.1. The van der Waals surface area contributed by atoms with Crippen LogP contribution >= 0.6 is 12.4 Å². The van der Waals surface area contributed by atoms with Gasteiger partial charge in [0.25, 0.3) is 5.91 Å². The van der Waals surface area contributed by atoms with E-state index in [9.17, 15) is 4.79 Å². The fourth-order valence-electron chi connectivity index (χ4n) is 2.60. The fraction of sp³-hybridized carbons (Fsp3) is 0.316. The number of ether oxygens (including phenoxy) is 3. The van der Waals surface area contributed by atoms with Crippen LogP contribution in [0, 0.1) is 0 Å². The maximum Gasteiger partial charge on any atom is 0.254 e. The average molecular weight is 381 g/mol. The highest BCUT2D eigenvalue weighted by Crippen LogP contribution is 2.38. The molecule has 0 unspecified atom stereocenters. The molecule has 0 radical (unpaired) electrons. The van der Waals surface area contributed by atoms with Crippen LogP contribution in [0.1, 0.15) is 15.9 Å². The van der Waals surface area contributed by atoms with Gasteiger partial charge in [-0.2, -0.15) is 0 Å². The van der Waals surface area contributed by atoms with E-state index in [1.807, 2.05) is 30.3 Å². The van der Waals surface area contributed by atoms with Crippen molar-refractivity contribution in [3.05, 3.63) is 53.6 Å². The van der Waals surface area contributed by atoms with E-state index in [1.165, 1.54) is 21.3 Å². The highest BCUT2D eigenvalue weighted by atomic mass is 35.5. The van der Waals surface area contributed by atoms with Gasteiger partial charge in [-0.3, -0.25) is 4.79 Å². The third kappa shape index (κ3) is 5.03. The predicted molar refractivity (Wildman–Crippen MR) is 104 cm³/mol. The monoisotopic (exact) mass is 380 g/mol. The van der Waals surface area contributed by atoms with Crippen LogP contribution < -0.4 is 19.9 Å². The maximum absolute atomic E-state index is 13.0. The Morgan fingerprint density at radius 1 is 1.00 bits per heavy atom. The number of hydrogen-bond donors (Lipinski definition) is 1. The second-order valence-electron chi connectivity index (χ2n) is 5.41. The number of amides is 1. The Kier molecular flexibility index (Phi) is 8.75. The summed E-state index contributed by atoms with van der Waals surface area (Å²) in [6.45, 7) is 1.31. The molecule has 0 fully saturated rings. The zero-order valence-electron chi connectivity index (χ0n) is 15.2. The third-order valence-corrected chi connectivity index (χ3v) is 3.81. The molecule has 26 heavy (non-hydrogen) atoms. The molecule has 0 atom stereocenters. The SMILES string of the molecule is COc1cc(C(=O)N(CCN)Cc2ccccc2)cc(OC)c1OC.Cl. The number of nitrogens with two attached hydrogens (primary N) is 1. The van der Waals surface area contributed by atoms with E-state index in [4.69, 9.17) is 19.9 Å². The predicted octanol–water partition coefficient (Wildman–Crippen LogP) is 2.74. The maximum atomic E-state index is 13.0. The summed E-state index contributed by atoms with van der Waals surface area (Å²) in [4.78, 5) is 14.7. The van der Waals surface area contributed by atoms with Gasteiger partial charge in [-0.25, -0.2) is 0 Å². The number of hydrogen-bond acceptors (Lipinski definition) is 5. The lowest BCUT2D eigenvalue weighted by Gasteiger charge is -2.23. The van der Waals surface area contributed by atoms with Gasteiger partial charge in [-0.05, 0) is 17.7 Å². The van der Waals surface area contributed by atoms with Crippen molar-refractivity contribution in [2.75, 3.05) is 34.4 Å². The summed E-state index contributed by atoms with van der Waals surface area (Å²) in [7, 11) is 4.57. The minimum absolute atomic E-state index is 0. The van der Waals surface area contributed by atoms with Gasteiger partial charge in [-0.15, -0.1) is 12.4 Å². The molecule has 2 aromatic rings. The molecule has 142 valence electrons. The fourth-order valence-corrected chi connectivity index (χ4v) is 2.60. The molecule has 0 spiro atoms. The second-order valence-corrected chi connectivity index (χ2v) is 5.41. The highest BCUT2D eigenvalue weighted by Gasteiger charge is 2.21. The number of carbonyl (C=O) groups is 1. The largest absolute Gasteiger partial charge is 0.493 e. The van der Waals surface area contributed by atoms with Gasteiger partial charge >= 0.3 is 0 Å². The summed E-state index contributed by atoms with van der Waals surface area (Å²) < 4.78 is 16.0. The van der Waals surface area contributed by atoms with E-state index >= 15 is 0 Å². The van der Waals surface area contributed by atoms with Gasteiger partial charge in [0.05, 0.1) is 21.3 Å². The Balaban J connectivity index is 0.00000338. The number of rotatable bonds is 8. The second kappa shape index (κ2) is 10.5. The minimum atomic E-state index is -0.145. The summed E-state index contributed by atoms with van der Waals surface area (Å²) >= 11 is 0. The lowest BCUT2D eigenvalue weighted by Crippen LogP contribution is -2.35. The van der Waals surface area contributed by atoms with Gasteiger partial charge in [0.15, 0.2) is 11.5 Å². The van der Waals surface area contributed by atoms with Gasteiger partial charge in [0.2, 0.25) is 5.75 Å². The van der Waals surface area contributed by atoms with Crippen molar-refractivity contribution in [2.45, 2.75) is 6.54 Å². The van der Waals surface area contributed by atoms with E-state index < -0.39 is 0 Å². The molecule has 0 bridgehead atoms. The quantitative estimate of drug-likeness (QED) is 0.762. The molecule has 1 amide bonds. The van der Waals surface area contributed by atoms with Gasteiger partial charge in [0, 0.05) is 25.2 Å². The summed E-state index contributed by atoms with van der Waals surface area (Å²) in [5.74, 6) is 1.19. The van der Waals surface area contributed by atoms with Crippen LogP contribution in [0.5, 0.6) is 17.2 Å². The van der Waals surface area contributed by atoms with Crippen LogP contribution in [0.15, 0.2) is 42.5 Å². The Bertz CT molecular complexity index is 685. The average Bonchev–Trinajstić information content (AvgIpc) is 2.66. The van der Waals surface area contributed by atoms with Crippen LogP contribution in [0.3, 0.4) is 0 Å². The van der Waals surface area contributed by atoms with E-state index in [0.29, 0.717) is 42.4 Å².